The highest BCUT2D eigenvalue weighted by atomic mass is 16.3. The van der Waals surface area contributed by atoms with Crippen LogP contribution >= 0.6 is 0 Å². The van der Waals surface area contributed by atoms with E-state index in [0.717, 1.165) is 5.92 Å². The first kappa shape index (κ1) is 11.4. The van der Waals surface area contributed by atoms with Crippen LogP contribution in [0, 0.1) is 11.3 Å². The number of hydrogen-bond acceptors (Lipinski definition) is 2. The Morgan fingerprint density at radius 3 is 2.67 bits per heavy atom. The Labute approximate surface area is 93.5 Å². The molecule has 2 rings (SSSR count). The van der Waals surface area contributed by atoms with Crippen LogP contribution in [0.5, 0.6) is 0 Å². The minimum Gasteiger partial charge on any atom is -0.396 e. The van der Waals surface area contributed by atoms with Crippen molar-refractivity contribution < 1.29 is 5.11 Å². The van der Waals surface area contributed by atoms with Crippen molar-refractivity contribution >= 4 is 0 Å². The molecule has 88 valence electrons. The third-order valence-corrected chi connectivity index (χ3v) is 4.49. The molecule has 0 aromatic heterocycles. The first-order chi connectivity index (χ1) is 7.19. The summed E-state index contributed by atoms with van der Waals surface area (Å²) in [7, 11) is 0. The highest BCUT2D eigenvalue weighted by Crippen LogP contribution is 2.40. The van der Waals surface area contributed by atoms with Gasteiger partial charge in [-0.3, -0.25) is 0 Å². The number of rotatable bonds is 5. The average Bonchev–Trinajstić information content (AvgIpc) is 3.01. The van der Waals surface area contributed by atoms with E-state index < -0.39 is 0 Å². The molecule has 2 N–H and O–H groups in total. The molecule has 0 spiro atoms. The molecule has 2 aliphatic rings. The van der Waals surface area contributed by atoms with Gasteiger partial charge in [-0.1, -0.05) is 20.3 Å². The molecule has 3 unspecified atom stereocenters. The first-order valence-corrected chi connectivity index (χ1v) is 6.56. The van der Waals surface area contributed by atoms with Crippen molar-refractivity contribution in [3.63, 3.8) is 0 Å². The van der Waals surface area contributed by atoms with Crippen molar-refractivity contribution in [1.29, 1.82) is 0 Å². The van der Waals surface area contributed by atoms with Crippen molar-refractivity contribution in [2.75, 3.05) is 6.61 Å². The van der Waals surface area contributed by atoms with Gasteiger partial charge in [-0.15, -0.1) is 0 Å². The number of aliphatic hydroxyl groups excluding tert-OH is 1. The van der Waals surface area contributed by atoms with E-state index in [4.69, 9.17) is 0 Å². The third kappa shape index (κ3) is 2.36. The van der Waals surface area contributed by atoms with Gasteiger partial charge >= 0.3 is 0 Å². The van der Waals surface area contributed by atoms with Gasteiger partial charge < -0.3 is 10.4 Å². The van der Waals surface area contributed by atoms with E-state index in [9.17, 15) is 5.11 Å². The first-order valence-electron chi connectivity index (χ1n) is 6.56. The Kier molecular flexibility index (Phi) is 3.36. The van der Waals surface area contributed by atoms with Gasteiger partial charge in [0.05, 0.1) is 0 Å². The maximum Gasteiger partial charge on any atom is 0.0499 e. The summed E-state index contributed by atoms with van der Waals surface area (Å²) >= 11 is 0. The van der Waals surface area contributed by atoms with Gasteiger partial charge in [-0.25, -0.2) is 0 Å². The van der Waals surface area contributed by atoms with E-state index in [2.05, 4.69) is 19.2 Å². The van der Waals surface area contributed by atoms with Gasteiger partial charge in [0.1, 0.15) is 0 Å². The van der Waals surface area contributed by atoms with Gasteiger partial charge in [0.25, 0.3) is 0 Å². The lowest BCUT2D eigenvalue weighted by atomic mass is 9.85. The molecule has 15 heavy (non-hydrogen) atoms. The number of hydrogen-bond donors (Lipinski definition) is 2. The summed E-state index contributed by atoms with van der Waals surface area (Å²) in [6.07, 6.45) is 7.77. The Morgan fingerprint density at radius 2 is 2.13 bits per heavy atom. The second-order valence-electron chi connectivity index (χ2n) is 5.78. The molecule has 2 heteroatoms. The van der Waals surface area contributed by atoms with Gasteiger partial charge in [0.2, 0.25) is 0 Å². The predicted octanol–water partition coefficient (Wildman–Crippen LogP) is 2.32. The molecular weight excluding hydrogens is 186 g/mol. The van der Waals surface area contributed by atoms with Crippen molar-refractivity contribution in [3.8, 4) is 0 Å². The van der Waals surface area contributed by atoms with Crippen LogP contribution in [0.2, 0.25) is 0 Å². The van der Waals surface area contributed by atoms with Crippen LogP contribution in [-0.2, 0) is 0 Å². The summed E-state index contributed by atoms with van der Waals surface area (Å²) in [4.78, 5) is 0. The van der Waals surface area contributed by atoms with Crippen LogP contribution in [-0.4, -0.2) is 23.8 Å². The molecule has 0 aliphatic heterocycles. The molecule has 0 saturated heterocycles. The van der Waals surface area contributed by atoms with Crippen LogP contribution in [0.25, 0.3) is 0 Å². The van der Waals surface area contributed by atoms with Crippen molar-refractivity contribution in [2.24, 2.45) is 11.3 Å². The topological polar surface area (TPSA) is 32.3 Å². The molecule has 2 fully saturated rings. The maximum absolute atomic E-state index is 9.50. The lowest BCUT2D eigenvalue weighted by molar-refractivity contribution is 0.111. The monoisotopic (exact) mass is 211 g/mol. The molecule has 2 nitrogen and oxygen atoms in total. The summed E-state index contributed by atoms with van der Waals surface area (Å²) in [6.45, 7) is 4.85. The van der Waals surface area contributed by atoms with Gasteiger partial charge in [0.15, 0.2) is 0 Å². The van der Waals surface area contributed by atoms with Gasteiger partial charge in [0, 0.05) is 24.1 Å². The van der Waals surface area contributed by atoms with Crippen molar-refractivity contribution in [1.82, 2.24) is 5.32 Å². The zero-order chi connectivity index (χ0) is 10.9. The molecule has 2 saturated carbocycles. The van der Waals surface area contributed by atoms with Gasteiger partial charge in [-0.2, -0.15) is 0 Å². The minimum atomic E-state index is 0.141. The normalized spacial score (nSPS) is 38.2. The zero-order valence-electron chi connectivity index (χ0n) is 10.1. The van der Waals surface area contributed by atoms with E-state index in [0.29, 0.717) is 18.7 Å². The highest BCUT2D eigenvalue weighted by Gasteiger charge is 2.41. The van der Waals surface area contributed by atoms with Crippen molar-refractivity contribution in [2.45, 2.75) is 64.5 Å². The summed E-state index contributed by atoms with van der Waals surface area (Å²) in [5, 5.41) is 13.3. The van der Waals surface area contributed by atoms with E-state index in [-0.39, 0.29) is 5.41 Å². The Morgan fingerprint density at radius 1 is 1.40 bits per heavy atom. The lowest BCUT2D eigenvalue weighted by Crippen LogP contribution is -2.47. The van der Waals surface area contributed by atoms with Gasteiger partial charge in [-0.05, 0) is 38.0 Å². The van der Waals surface area contributed by atoms with Crippen molar-refractivity contribution in [3.05, 3.63) is 0 Å². The molecule has 3 atom stereocenters. The molecule has 0 aromatic carbocycles. The van der Waals surface area contributed by atoms with Crippen LogP contribution in [0.3, 0.4) is 0 Å². The summed E-state index contributed by atoms with van der Waals surface area (Å²) < 4.78 is 0. The molecule has 0 aromatic rings. The summed E-state index contributed by atoms with van der Waals surface area (Å²) in [5.41, 5.74) is 0.141. The van der Waals surface area contributed by atoms with E-state index in [1.165, 1.54) is 38.5 Å². The second-order valence-corrected chi connectivity index (χ2v) is 5.78. The molecule has 0 radical (unpaired) electrons. The molecule has 0 heterocycles. The third-order valence-electron chi connectivity index (χ3n) is 4.49. The predicted molar refractivity (Wildman–Crippen MR) is 62.8 cm³/mol. The largest absolute Gasteiger partial charge is 0.396 e. The van der Waals surface area contributed by atoms with Crippen LogP contribution in [0.15, 0.2) is 0 Å². The van der Waals surface area contributed by atoms with Crippen LogP contribution < -0.4 is 5.32 Å². The smallest absolute Gasteiger partial charge is 0.0499 e. The quantitative estimate of drug-likeness (QED) is 0.731. The highest BCUT2D eigenvalue weighted by molar-refractivity contribution is 4.97. The second kappa shape index (κ2) is 4.42. The average molecular weight is 211 g/mol. The fourth-order valence-corrected chi connectivity index (χ4v) is 3.05. The summed E-state index contributed by atoms with van der Waals surface area (Å²) in [6, 6.07) is 1.26. The van der Waals surface area contributed by atoms with Crippen LogP contribution in [0.1, 0.15) is 52.4 Å². The van der Waals surface area contributed by atoms with E-state index in [1.54, 1.807) is 0 Å². The lowest BCUT2D eigenvalue weighted by Gasteiger charge is -2.33. The van der Waals surface area contributed by atoms with Crippen LogP contribution in [0.4, 0.5) is 0 Å². The minimum absolute atomic E-state index is 0.141. The fraction of sp³-hybridized carbons (Fsp3) is 1.00. The number of nitrogens with one attached hydrogen (secondary N) is 1. The molecule has 2 aliphatic carbocycles. The Balaban J connectivity index is 1.91. The Hall–Kier alpha value is -0.0800. The fourth-order valence-electron chi connectivity index (χ4n) is 3.05. The standard InChI is InChI=1S/C13H25NO/c1-3-11(10-6-7-10)14-12-5-4-8-13(12,2)9-15/h10-12,14-15H,3-9H2,1-2H3. The van der Waals surface area contributed by atoms with E-state index in [1.807, 2.05) is 0 Å². The maximum atomic E-state index is 9.50. The molecule has 0 bridgehead atoms. The zero-order valence-corrected chi connectivity index (χ0v) is 10.1. The molecule has 0 amide bonds. The molecular formula is C13H25NO. The summed E-state index contributed by atoms with van der Waals surface area (Å²) in [5.74, 6) is 0.929. The van der Waals surface area contributed by atoms with E-state index >= 15 is 0 Å². The Bertz CT molecular complexity index is 215. The SMILES string of the molecule is CCC(NC1CCCC1(C)CO)C1CC1. The number of aliphatic hydroxyl groups is 1.